The first-order valence-corrected chi connectivity index (χ1v) is 8.19. The summed E-state index contributed by atoms with van der Waals surface area (Å²) < 4.78 is 11.2. The summed E-state index contributed by atoms with van der Waals surface area (Å²) in [6.07, 6.45) is -0.584. The Morgan fingerprint density at radius 1 is 1.25 bits per heavy atom. The lowest BCUT2D eigenvalue weighted by Crippen LogP contribution is -2.37. The van der Waals surface area contributed by atoms with Crippen LogP contribution >= 0.6 is 11.6 Å². The van der Waals surface area contributed by atoms with Crippen LogP contribution in [0.1, 0.15) is 13.8 Å². The standard InChI is InChI=1S/C19H22ClNO3/c1-5-21(3)19(22)13(2)24-16-11-14(10-15(20)12-16)17-8-6-7-9-18(17)23-4/h6-13H,5H2,1-4H3. The van der Waals surface area contributed by atoms with Crippen LogP contribution in [0.25, 0.3) is 11.1 Å². The third-order valence-electron chi connectivity index (χ3n) is 3.80. The second kappa shape index (κ2) is 8.06. The van der Waals surface area contributed by atoms with Crippen molar-refractivity contribution < 1.29 is 14.3 Å². The van der Waals surface area contributed by atoms with Gasteiger partial charge in [0.05, 0.1) is 7.11 Å². The van der Waals surface area contributed by atoms with Gasteiger partial charge in [-0.2, -0.15) is 0 Å². The highest BCUT2D eigenvalue weighted by Crippen LogP contribution is 2.34. The molecule has 0 aliphatic rings. The molecule has 0 N–H and O–H groups in total. The molecule has 2 aromatic carbocycles. The minimum atomic E-state index is -0.584. The number of ether oxygens (including phenoxy) is 2. The van der Waals surface area contributed by atoms with Gasteiger partial charge in [0.15, 0.2) is 6.10 Å². The number of likely N-dealkylation sites (N-methyl/N-ethyl adjacent to an activating group) is 1. The molecule has 0 heterocycles. The van der Waals surface area contributed by atoms with Gasteiger partial charge < -0.3 is 14.4 Å². The second-order valence-electron chi connectivity index (χ2n) is 5.49. The van der Waals surface area contributed by atoms with Crippen LogP contribution < -0.4 is 9.47 Å². The third-order valence-corrected chi connectivity index (χ3v) is 4.02. The van der Waals surface area contributed by atoms with Crippen LogP contribution in [-0.4, -0.2) is 37.6 Å². The van der Waals surface area contributed by atoms with E-state index >= 15 is 0 Å². The number of rotatable bonds is 6. The lowest BCUT2D eigenvalue weighted by atomic mass is 10.0. The van der Waals surface area contributed by atoms with Gasteiger partial charge in [0, 0.05) is 24.2 Å². The Labute approximate surface area is 147 Å². The van der Waals surface area contributed by atoms with Crippen LogP contribution in [-0.2, 0) is 4.79 Å². The number of carbonyl (C=O) groups excluding carboxylic acids is 1. The molecule has 128 valence electrons. The van der Waals surface area contributed by atoms with E-state index in [-0.39, 0.29) is 5.91 Å². The zero-order chi connectivity index (χ0) is 17.7. The Morgan fingerprint density at radius 3 is 2.62 bits per heavy atom. The van der Waals surface area contributed by atoms with Gasteiger partial charge in [-0.3, -0.25) is 4.79 Å². The zero-order valence-corrected chi connectivity index (χ0v) is 15.1. The summed E-state index contributed by atoms with van der Waals surface area (Å²) in [6, 6.07) is 13.1. The number of benzene rings is 2. The van der Waals surface area contributed by atoms with Crippen molar-refractivity contribution in [3.63, 3.8) is 0 Å². The highest BCUT2D eigenvalue weighted by atomic mass is 35.5. The van der Waals surface area contributed by atoms with E-state index in [4.69, 9.17) is 21.1 Å². The van der Waals surface area contributed by atoms with Crippen LogP contribution in [0.3, 0.4) is 0 Å². The first kappa shape index (κ1) is 18.1. The predicted octanol–water partition coefficient (Wildman–Crippen LogP) is 4.26. The van der Waals surface area contributed by atoms with Gasteiger partial charge in [0.25, 0.3) is 5.91 Å². The van der Waals surface area contributed by atoms with Crippen molar-refractivity contribution in [2.24, 2.45) is 0 Å². The van der Waals surface area contributed by atoms with Crippen LogP contribution in [0.15, 0.2) is 42.5 Å². The number of halogens is 1. The SMILES string of the molecule is CCN(C)C(=O)C(C)Oc1cc(Cl)cc(-c2ccccc2OC)c1. The largest absolute Gasteiger partial charge is 0.496 e. The van der Waals surface area contributed by atoms with Crippen LogP contribution in [0.4, 0.5) is 0 Å². The number of carbonyl (C=O) groups is 1. The van der Waals surface area contributed by atoms with Gasteiger partial charge in [-0.05, 0) is 43.7 Å². The molecule has 5 heteroatoms. The van der Waals surface area contributed by atoms with Gasteiger partial charge in [0.2, 0.25) is 0 Å². The van der Waals surface area contributed by atoms with E-state index in [1.165, 1.54) is 0 Å². The number of hydrogen-bond donors (Lipinski definition) is 0. The summed E-state index contributed by atoms with van der Waals surface area (Å²) in [5.74, 6) is 1.23. The monoisotopic (exact) mass is 347 g/mol. The van der Waals surface area contributed by atoms with E-state index < -0.39 is 6.10 Å². The van der Waals surface area contributed by atoms with Crippen LogP contribution in [0.2, 0.25) is 5.02 Å². The van der Waals surface area contributed by atoms with Gasteiger partial charge in [-0.1, -0.05) is 29.8 Å². The summed E-state index contributed by atoms with van der Waals surface area (Å²) >= 11 is 6.23. The minimum Gasteiger partial charge on any atom is -0.496 e. The summed E-state index contributed by atoms with van der Waals surface area (Å²) in [6.45, 7) is 4.29. The maximum atomic E-state index is 12.2. The predicted molar refractivity (Wildman–Crippen MR) is 96.8 cm³/mol. The van der Waals surface area contributed by atoms with Crippen molar-refractivity contribution in [1.82, 2.24) is 4.90 Å². The lowest BCUT2D eigenvalue weighted by molar-refractivity contribution is -0.136. The number of methoxy groups -OCH3 is 1. The molecule has 1 atom stereocenters. The topological polar surface area (TPSA) is 38.8 Å². The quantitative estimate of drug-likeness (QED) is 0.783. The highest BCUT2D eigenvalue weighted by molar-refractivity contribution is 6.31. The summed E-state index contributed by atoms with van der Waals surface area (Å²) in [5.41, 5.74) is 1.79. The molecule has 0 spiro atoms. The van der Waals surface area contributed by atoms with Gasteiger partial charge in [-0.25, -0.2) is 0 Å². The Balaban J connectivity index is 2.31. The van der Waals surface area contributed by atoms with E-state index in [1.807, 2.05) is 43.3 Å². The Kier molecular flexibility index (Phi) is 6.10. The summed E-state index contributed by atoms with van der Waals surface area (Å²) in [5, 5.41) is 0.539. The van der Waals surface area contributed by atoms with E-state index in [0.717, 1.165) is 16.9 Å². The van der Waals surface area contributed by atoms with E-state index in [9.17, 15) is 4.79 Å². The normalized spacial score (nSPS) is 11.7. The fourth-order valence-corrected chi connectivity index (χ4v) is 2.62. The third kappa shape index (κ3) is 4.20. The fourth-order valence-electron chi connectivity index (χ4n) is 2.39. The fraction of sp³-hybridized carbons (Fsp3) is 0.316. The number of amides is 1. The summed E-state index contributed by atoms with van der Waals surface area (Å²) in [4.78, 5) is 13.8. The van der Waals surface area contributed by atoms with Crippen molar-refractivity contribution in [1.29, 1.82) is 0 Å². The molecule has 0 fully saturated rings. The number of para-hydroxylation sites is 1. The van der Waals surface area contributed by atoms with E-state index in [2.05, 4.69) is 0 Å². The first-order chi connectivity index (χ1) is 11.5. The van der Waals surface area contributed by atoms with Crippen molar-refractivity contribution in [2.75, 3.05) is 20.7 Å². The first-order valence-electron chi connectivity index (χ1n) is 7.81. The molecule has 0 aliphatic heterocycles. The number of hydrogen-bond acceptors (Lipinski definition) is 3. The zero-order valence-electron chi connectivity index (χ0n) is 14.4. The molecule has 24 heavy (non-hydrogen) atoms. The van der Waals surface area contributed by atoms with Crippen LogP contribution in [0.5, 0.6) is 11.5 Å². The van der Waals surface area contributed by atoms with Gasteiger partial charge in [0.1, 0.15) is 11.5 Å². The molecule has 1 amide bonds. The average Bonchev–Trinajstić information content (AvgIpc) is 2.59. The molecule has 0 saturated carbocycles. The molecular weight excluding hydrogens is 326 g/mol. The van der Waals surface area contributed by atoms with Crippen molar-refractivity contribution in [3.8, 4) is 22.6 Å². The van der Waals surface area contributed by atoms with E-state index in [0.29, 0.717) is 17.3 Å². The molecule has 0 aromatic heterocycles. The lowest BCUT2D eigenvalue weighted by Gasteiger charge is -2.21. The molecule has 4 nitrogen and oxygen atoms in total. The Hall–Kier alpha value is -2.20. The highest BCUT2D eigenvalue weighted by Gasteiger charge is 2.18. The second-order valence-corrected chi connectivity index (χ2v) is 5.92. The smallest absolute Gasteiger partial charge is 0.263 e. The molecule has 0 radical (unpaired) electrons. The average molecular weight is 348 g/mol. The van der Waals surface area contributed by atoms with E-state index in [1.54, 1.807) is 32.0 Å². The Bertz CT molecular complexity index is 718. The Morgan fingerprint density at radius 2 is 1.96 bits per heavy atom. The molecule has 0 aliphatic carbocycles. The maximum absolute atomic E-state index is 12.2. The maximum Gasteiger partial charge on any atom is 0.263 e. The molecule has 0 bridgehead atoms. The van der Waals surface area contributed by atoms with Gasteiger partial charge in [-0.15, -0.1) is 0 Å². The van der Waals surface area contributed by atoms with Crippen molar-refractivity contribution in [2.45, 2.75) is 20.0 Å². The van der Waals surface area contributed by atoms with Gasteiger partial charge >= 0.3 is 0 Å². The molecule has 2 aromatic rings. The molecule has 0 saturated heterocycles. The molecule has 1 unspecified atom stereocenters. The minimum absolute atomic E-state index is 0.0729. The van der Waals surface area contributed by atoms with Crippen molar-refractivity contribution in [3.05, 3.63) is 47.5 Å². The van der Waals surface area contributed by atoms with Crippen molar-refractivity contribution >= 4 is 17.5 Å². The molecular formula is C19H22ClNO3. The molecule has 2 rings (SSSR count). The van der Waals surface area contributed by atoms with Crippen LogP contribution in [0, 0.1) is 0 Å². The number of nitrogens with zero attached hydrogens (tertiary/aromatic N) is 1. The summed E-state index contributed by atoms with van der Waals surface area (Å²) in [7, 11) is 3.38.